The van der Waals surface area contributed by atoms with Crippen molar-refractivity contribution in [3.63, 3.8) is 0 Å². The van der Waals surface area contributed by atoms with E-state index >= 15 is 0 Å². The number of benzene rings is 2. The van der Waals surface area contributed by atoms with E-state index < -0.39 is 64.2 Å². The summed E-state index contributed by atoms with van der Waals surface area (Å²) in [4.78, 5) is 16.7. The largest absolute Gasteiger partial charge is 0.480 e. The van der Waals surface area contributed by atoms with E-state index in [2.05, 4.69) is 9.72 Å². The molecule has 4 rings (SSSR count). The van der Waals surface area contributed by atoms with Crippen LogP contribution in [-0.4, -0.2) is 18.1 Å². The third kappa shape index (κ3) is 3.75. The highest BCUT2D eigenvalue weighted by atomic mass is 19.3. The van der Waals surface area contributed by atoms with Gasteiger partial charge in [0.15, 0.2) is 0 Å². The standard InChI is InChI=1S/C22H14F7NO3/c1-32-21-13(22(31)33-19-17(26)15(24)14(23)16(25)18(19)27)12(20(28)29)10-6-5-9(7-11(10)30-21)8-3-2-4-8/h5-8,20H,2-4H2,1H3. The number of rotatable bonds is 5. The lowest BCUT2D eigenvalue weighted by atomic mass is 9.79. The van der Waals surface area contributed by atoms with E-state index in [1.165, 1.54) is 6.07 Å². The molecule has 0 amide bonds. The van der Waals surface area contributed by atoms with Crippen LogP contribution < -0.4 is 9.47 Å². The highest BCUT2D eigenvalue weighted by Crippen LogP contribution is 2.41. The lowest BCUT2D eigenvalue weighted by Crippen LogP contribution is -2.18. The molecule has 0 N–H and O–H groups in total. The van der Waals surface area contributed by atoms with Crippen molar-refractivity contribution in [1.29, 1.82) is 0 Å². The topological polar surface area (TPSA) is 48.4 Å². The lowest BCUT2D eigenvalue weighted by Gasteiger charge is -2.26. The number of ether oxygens (including phenoxy) is 2. The molecule has 1 saturated carbocycles. The second kappa shape index (κ2) is 8.53. The minimum absolute atomic E-state index is 0.0827. The van der Waals surface area contributed by atoms with Crippen LogP contribution in [0.2, 0.25) is 0 Å². The summed E-state index contributed by atoms with van der Waals surface area (Å²) < 4.78 is 105. The number of carbonyl (C=O) groups is 1. The van der Waals surface area contributed by atoms with Crippen molar-refractivity contribution in [2.45, 2.75) is 31.6 Å². The van der Waals surface area contributed by atoms with Gasteiger partial charge >= 0.3 is 5.97 Å². The first-order valence-electron chi connectivity index (χ1n) is 9.69. The minimum Gasteiger partial charge on any atom is -0.480 e. The van der Waals surface area contributed by atoms with Gasteiger partial charge in [0, 0.05) is 10.9 Å². The molecule has 1 aliphatic rings. The van der Waals surface area contributed by atoms with Crippen LogP contribution >= 0.6 is 0 Å². The van der Waals surface area contributed by atoms with E-state index in [1.807, 2.05) is 0 Å². The average molecular weight is 473 g/mol. The Balaban J connectivity index is 1.86. The lowest BCUT2D eigenvalue weighted by molar-refractivity contribution is 0.0699. The molecular formula is C22H14F7NO3. The first-order valence-corrected chi connectivity index (χ1v) is 9.69. The Morgan fingerprint density at radius 1 is 1.00 bits per heavy atom. The highest BCUT2D eigenvalue weighted by Gasteiger charge is 2.33. The Hall–Kier alpha value is -3.37. The quantitative estimate of drug-likeness (QED) is 0.142. The van der Waals surface area contributed by atoms with Crippen molar-refractivity contribution in [2.75, 3.05) is 7.11 Å². The second-order valence-corrected chi connectivity index (χ2v) is 7.40. The van der Waals surface area contributed by atoms with Crippen LogP contribution in [0.15, 0.2) is 18.2 Å². The predicted octanol–water partition coefficient (Wildman–Crippen LogP) is 6.36. The minimum atomic E-state index is -3.29. The van der Waals surface area contributed by atoms with Crippen molar-refractivity contribution in [3.05, 3.63) is 64.0 Å². The van der Waals surface area contributed by atoms with Gasteiger partial charge in [-0.05, 0) is 30.4 Å². The van der Waals surface area contributed by atoms with Crippen molar-refractivity contribution < 1.29 is 45.0 Å². The summed E-state index contributed by atoms with van der Waals surface area (Å²) in [5, 5.41) is -0.154. The van der Waals surface area contributed by atoms with Gasteiger partial charge in [0.25, 0.3) is 6.43 Å². The number of fused-ring (bicyclic) bond motifs is 1. The molecule has 11 heteroatoms. The average Bonchev–Trinajstić information content (AvgIpc) is 2.76. The van der Waals surface area contributed by atoms with Gasteiger partial charge in [-0.25, -0.2) is 31.7 Å². The predicted molar refractivity (Wildman–Crippen MR) is 101 cm³/mol. The molecule has 0 radical (unpaired) electrons. The molecule has 0 aliphatic heterocycles. The third-order valence-corrected chi connectivity index (χ3v) is 5.57. The molecule has 1 aliphatic carbocycles. The van der Waals surface area contributed by atoms with Crippen LogP contribution in [0.4, 0.5) is 30.7 Å². The number of halogens is 7. The van der Waals surface area contributed by atoms with Gasteiger partial charge < -0.3 is 9.47 Å². The van der Waals surface area contributed by atoms with Crippen LogP contribution in [0.25, 0.3) is 10.9 Å². The number of alkyl halides is 2. The molecule has 2 aromatic carbocycles. The van der Waals surface area contributed by atoms with Crippen LogP contribution in [0.3, 0.4) is 0 Å². The summed E-state index contributed by atoms with van der Waals surface area (Å²) in [6, 6.07) is 4.50. The number of pyridine rings is 1. The van der Waals surface area contributed by atoms with Crippen molar-refractivity contribution in [2.24, 2.45) is 0 Å². The molecule has 0 spiro atoms. The summed E-state index contributed by atoms with van der Waals surface area (Å²) in [5.41, 5.74) is -0.967. The first-order chi connectivity index (χ1) is 15.6. The Kier molecular flexibility index (Phi) is 5.89. The number of methoxy groups -OCH3 is 1. The fraction of sp³-hybridized carbons (Fsp3) is 0.273. The van der Waals surface area contributed by atoms with Crippen LogP contribution in [0, 0.1) is 29.1 Å². The van der Waals surface area contributed by atoms with Crippen LogP contribution in [0.5, 0.6) is 11.6 Å². The highest BCUT2D eigenvalue weighted by molar-refractivity contribution is 6.01. The number of aromatic nitrogens is 1. The zero-order valence-electron chi connectivity index (χ0n) is 16.8. The number of nitrogens with zero attached hydrogens (tertiary/aromatic N) is 1. The maximum absolute atomic E-state index is 14.0. The fourth-order valence-corrected chi connectivity index (χ4v) is 3.67. The molecule has 1 heterocycles. The van der Waals surface area contributed by atoms with Gasteiger partial charge in [-0.15, -0.1) is 0 Å². The normalized spacial score (nSPS) is 14.0. The smallest absolute Gasteiger partial charge is 0.349 e. The molecule has 4 nitrogen and oxygen atoms in total. The summed E-state index contributed by atoms with van der Waals surface area (Å²) >= 11 is 0. The van der Waals surface area contributed by atoms with E-state index in [4.69, 9.17) is 4.74 Å². The van der Waals surface area contributed by atoms with E-state index in [0.717, 1.165) is 31.9 Å². The molecule has 3 aromatic rings. The summed E-state index contributed by atoms with van der Waals surface area (Å²) in [7, 11) is 1.01. The van der Waals surface area contributed by atoms with E-state index in [-0.39, 0.29) is 16.8 Å². The van der Waals surface area contributed by atoms with E-state index in [1.54, 1.807) is 12.1 Å². The Bertz CT molecular complexity index is 1250. The molecular weight excluding hydrogens is 459 g/mol. The zero-order valence-corrected chi connectivity index (χ0v) is 16.8. The third-order valence-electron chi connectivity index (χ3n) is 5.57. The monoisotopic (exact) mass is 473 g/mol. The number of carbonyl (C=O) groups excluding carboxylic acids is 1. The number of hydrogen-bond donors (Lipinski definition) is 0. The Morgan fingerprint density at radius 2 is 1.61 bits per heavy atom. The van der Waals surface area contributed by atoms with Crippen molar-refractivity contribution in [1.82, 2.24) is 4.98 Å². The van der Waals surface area contributed by atoms with Gasteiger partial charge in [-0.1, -0.05) is 18.6 Å². The van der Waals surface area contributed by atoms with Crippen molar-refractivity contribution in [3.8, 4) is 11.6 Å². The fourth-order valence-electron chi connectivity index (χ4n) is 3.67. The van der Waals surface area contributed by atoms with Gasteiger partial charge in [0.1, 0.15) is 5.56 Å². The molecule has 1 aromatic heterocycles. The zero-order chi connectivity index (χ0) is 24.0. The molecule has 0 saturated heterocycles. The van der Waals surface area contributed by atoms with Gasteiger partial charge in [-0.3, -0.25) is 0 Å². The molecule has 0 unspecified atom stereocenters. The van der Waals surface area contributed by atoms with E-state index in [9.17, 15) is 35.5 Å². The maximum atomic E-state index is 14.0. The molecule has 174 valence electrons. The molecule has 0 atom stereocenters. The Morgan fingerprint density at radius 3 is 2.12 bits per heavy atom. The molecule has 1 fully saturated rings. The number of esters is 1. The first kappa shape index (κ1) is 22.8. The van der Waals surface area contributed by atoms with Gasteiger partial charge in [0.2, 0.25) is 40.7 Å². The summed E-state index contributed by atoms with van der Waals surface area (Å²) in [5.74, 6) is -16.2. The van der Waals surface area contributed by atoms with Crippen LogP contribution in [0.1, 0.15) is 53.1 Å². The number of hydrogen-bond acceptors (Lipinski definition) is 4. The van der Waals surface area contributed by atoms with E-state index in [0.29, 0.717) is 0 Å². The second-order valence-electron chi connectivity index (χ2n) is 7.40. The summed E-state index contributed by atoms with van der Waals surface area (Å²) in [6.07, 6.45) is -0.407. The van der Waals surface area contributed by atoms with Gasteiger partial charge in [-0.2, -0.15) is 8.78 Å². The van der Waals surface area contributed by atoms with Crippen molar-refractivity contribution >= 4 is 16.9 Å². The summed E-state index contributed by atoms with van der Waals surface area (Å²) in [6.45, 7) is 0. The maximum Gasteiger partial charge on any atom is 0.349 e. The SMILES string of the molecule is COc1nc2cc(C3CCC3)ccc2c(C(F)F)c1C(=O)Oc1c(F)c(F)c(F)c(F)c1F. The Labute approximate surface area is 181 Å². The molecule has 33 heavy (non-hydrogen) atoms. The van der Waals surface area contributed by atoms with Gasteiger partial charge in [0.05, 0.1) is 12.6 Å². The van der Waals surface area contributed by atoms with Crippen LogP contribution in [-0.2, 0) is 0 Å². The molecule has 0 bridgehead atoms.